The van der Waals surface area contributed by atoms with E-state index in [0.717, 1.165) is 21.6 Å². The fourth-order valence-corrected chi connectivity index (χ4v) is 5.31. The van der Waals surface area contributed by atoms with E-state index >= 15 is 0 Å². The Kier molecular flexibility index (Phi) is 6.95. The Morgan fingerprint density at radius 3 is 2.03 bits per heavy atom. The molecule has 0 aliphatic rings. The number of hydrogen-bond acceptors (Lipinski definition) is 3. The molecule has 0 heterocycles. The van der Waals surface area contributed by atoms with Crippen LogP contribution in [0.4, 0.5) is 0 Å². The highest BCUT2D eigenvalue weighted by atomic mass is 32.2. The smallest absolute Gasteiger partial charge is 0.199 e. The molecule has 0 N–H and O–H groups in total. The number of aryl methyl sites for hydroxylation is 2. The lowest BCUT2D eigenvalue weighted by Crippen LogP contribution is -2.24. The minimum Gasteiger partial charge on any atom is -0.199 e. The van der Waals surface area contributed by atoms with Crippen LogP contribution in [0.25, 0.3) is 0 Å². The second kappa shape index (κ2) is 9.45. The third-order valence-corrected chi connectivity index (χ3v) is 7.38. The number of allylic oxidation sites excluding steroid dienone is 1. The van der Waals surface area contributed by atoms with Crippen LogP contribution in [-0.2, 0) is 14.8 Å². The molecule has 1 unspecified atom stereocenters. The molecule has 0 saturated carbocycles. The van der Waals surface area contributed by atoms with Crippen LogP contribution in [0.1, 0.15) is 23.1 Å². The van der Waals surface area contributed by atoms with Gasteiger partial charge in [-0.15, -0.1) is 18.3 Å². The van der Waals surface area contributed by atoms with Gasteiger partial charge in [0.2, 0.25) is 0 Å². The van der Waals surface area contributed by atoms with E-state index in [1.807, 2.05) is 68.4 Å². The molecule has 0 amide bonds. The normalized spacial score (nSPS) is 13.8. The van der Waals surface area contributed by atoms with E-state index in [-0.39, 0.29) is 4.90 Å². The molecule has 0 spiro atoms. The molecule has 0 aromatic heterocycles. The van der Waals surface area contributed by atoms with Crippen molar-refractivity contribution in [1.29, 1.82) is 0 Å². The maximum absolute atomic E-state index is 12.9. The summed E-state index contributed by atoms with van der Waals surface area (Å²) in [5, 5.41) is 0. The predicted octanol–water partition coefficient (Wildman–Crippen LogP) is 6.33. The SMILES string of the molecule is C=CCC(/C=N/S(=O)(=O)c1ccc(C)cc1)(Sc1ccccc1)c1ccc(C)cc1. The topological polar surface area (TPSA) is 46.5 Å². The summed E-state index contributed by atoms with van der Waals surface area (Å²) in [4.78, 5) is 1.21. The zero-order valence-corrected chi connectivity index (χ0v) is 18.8. The molecule has 1 atom stereocenters. The molecule has 0 fully saturated rings. The molecule has 0 bridgehead atoms. The molecule has 3 nitrogen and oxygen atoms in total. The van der Waals surface area contributed by atoms with Crippen molar-refractivity contribution in [2.45, 2.75) is 34.8 Å². The van der Waals surface area contributed by atoms with E-state index in [4.69, 9.17) is 0 Å². The highest BCUT2D eigenvalue weighted by Crippen LogP contribution is 2.43. The van der Waals surface area contributed by atoms with E-state index in [0.29, 0.717) is 6.42 Å². The third-order valence-electron chi connectivity index (χ3n) is 4.75. The molecule has 0 radical (unpaired) electrons. The van der Waals surface area contributed by atoms with Gasteiger partial charge in [0, 0.05) is 11.1 Å². The number of hydrogen-bond donors (Lipinski definition) is 0. The first kappa shape index (κ1) is 22.1. The summed E-state index contributed by atoms with van der Waals surface area (Å²) in [6.45, 7) is 7.86. The zero-order valence-electron chi connectivity index (χ0n) is 17.2. The van der Waals surface area contributed by atoms with Crippen molar-refractivity contribution in [2.75, 3.05) is 0 Å². The zero-order chi connectivity index (χ0) is 21.6. The van der Waals surface area contributed by atoms with Gasteiger partial charge in [-0.1, -0.05) is 71.8 Å². The van der Waals surface area contributed by atoms with Crippen molar-refractivity contribution >= 4 is 28.0 Å². The van der Waals surface area contributed by atoms with Gasteiger partial charge >= 0.3 is 0 Å². The van der Waals surface area contributed by atoms with Crippen LogP contribution in [0.15, 0.2) is 106 Å². The number of thioether (sulfide) groups is 1. The second-order valence-electron chi connectivity index (χ2n) is 7.19. The molecule has 3 aromatic carbocycles. The van der Waals surface area contributed by atoms with Gasteiger partial charge in [-0.2, -0.15) is 12.8 Å². The molecule has 0 saturated heterocycles. The molecule has 154 valence electrons. The van der Waals surface area contributed by atoms with Gasteiger partial charge in [-0.3, -0.25) is 0 Å². The maximum atomic E-state index is 12.9. The Morgan fingerprint density at radius 1 is 0.900 bits per heavy atom. The molecular weight excluding hydrogens is 410 g/mol. The van der Waals surface area contributed by atoms with Gasteiger partial charge in [-0.25, -0.2) is 0 Å². The van der Waals surface area contributed by atoms with E-state index < -0.39 is 14.8 Å². The number of nitrogens with zero attached hydrogens (tertiary/aromatic N) is 1. The minimum atomic E-state index is -3.82. The molecular formula is C25H25NO2S2. The van der Waals surface area contributed by atoms with Crippen molar-refractivity contribution in [2.24, 2.45) is 4.40 Å². The number of rotatable bonds is 8. The molecule has 5 heteroatoms. The minimum absolute atomic E-state index is 0.186. The van der Waals surface area contributed by atoms with Gasteiger partial charge in [0.25, 0.3) is 10.0 Å². The van der Waals surface area contributed by atoms with Gasteiger partial charge < -0.3 is 0 Å². The first-order chi connectivity index (χ1) is 14.3. The van der Waals surface area contributed by atoms with E-state index in [1.54, 1.807) is 48.3 Å². The van der Waals surface area contributed by atoms with Crippen LogP contribution in [0.2, 0.25) is 0 Å². The summed E-state index contributed by atoms with van der Waals surface area (Å²) in [6, 6.07) is 24.8. The lowest BCUT2D eigenvalue weighted by atomic mass is 9.95. The van der Waals surface area contributed by atoms with Crippen LogP contribution < -0.4 is 0 Å². The molecule has 3 rings (SSSR count). The molecule has 0 aliphatic heterocycles. The Morgan fingerprint density at radius 2 is 1.47 bits per heavy atom. The van der Waals surface area contributed by atoms with Crippen LogP contribution >= 0.6 is 11.8 Å². The summed E-state index contributed by atoms with van der Waals surface area (Å²) in [6.07, 6.45) is 3.90. The van der Waals surface area contributed by atoms with Crippen LogP contribution in [0.5, 0.6) is 0 Å². The summed E-state index contributed by atoms with van der Waals surface area (Å²) in [7, 11) is -3.82. The van der Waals surface area contributed by atoms with Gasteiger partial charge in [0.1, 0.15) is 0 Å². The van der Waals surface area contributed by atoms with Crippen molar-refractivity contribution in [3.8, 4) is 0 Å². The Hall–Kier alpha value is -2.63. The first-order valence-electron chi connectivity index (χ1n) is 9.65. The van der Waals surface area contributed by atoms with Crippen molar-refractivity contribution in [1.82, 2.24) is 0 Å². The monoisotopic (exact) mass is 435 g/mol. The van der Waals surface area contributed by atoms with Gasteiger partial charge in [0.15, 0.2) is 0 Å². The Bertz CT molecular complexity index is 1120. The highest BCUT2D eigenvalue weighted by molar-refractivity contribution is 8.01. The highest BCUT2D eigenvalue weighted by Gasteiger charge is 2.32. The van der Waals surface area contributed by atoms with E-state index in [9.17, 15) is 8.42 Å². The van der Waals surface area contributed by atoms with Gasteiger partial charge in [-0.05, 0) is 50.1 Å². The Balaban J connectivity index is 2.09. The van der Waals surface area contributed by atoms with E-state index in [2.05, 4.69) is 11.0 Å². The summed E-state index contributed by atoms with van der Waals surface area (Å²) >= 11 is 1.57. The number of benzene rings is 3. The second-order valence-corrected chi connectivity index (χ2v) is 10.2. The standard InChI is InChI=1S/C25H25NO2S2/c1-4-18-25(22-14-10-20(2)11-15-22,29-23-8-6-5-7-9-23)19-26-30(27,28)24-16-12-21(3)13-17-24/h4-17,19H,1,18H2,2-3H3/b26-19+. The summed E-state index contributed by atoms with van der Waals surface area (Å²) in [5.41, 5.74) is 3.11. The quantitative estimate of drug-likeness (QED) is 0.236. The molecule has 0 aliphatic carbocycles. The number of sulfonamides is 1. The first-order valence-corrected chi connectivity index (χ1v) is 11.9. The van der Waals surface area contributed by atoms with Crippen molar-refractivity contribution in [3.05, 3.63) is 108 Å². The fourth-order valence-electron chi connectivity index (χ4n) is 3.05. The van der Waals surface area contributed by atoms with Gasteiger partial charge in [0.05, 0.1) is 9.64 Å². The van der Waals surface area contributed by atoms with Crippen LogP contribution in [0, 0.1) is 13.8 Å². The summed E-state index contributed by atoms with van der Waals surface area (Å²) in [5.74, 6) is 0. The van der Waals surface area contributed by atoms with Crippen LogP contribution in [0.3, 0.4) is 0 Å². The van der Waals surface area contributed by atoms with Crippen LogP contribution in [-0.4, -0.2) is 14.6 Å². The maximum Gasteiger partial charge on any atom is 0.282 e. The molecule has 3 aromatic rings. The largest absolute Gasteiger partial charge is 0.282 e. The lowest BCUT2D eigenvalue weighted by Gasteiger charge is -2.29. The van der Waals surface area contributed by atoms with E-state index in [1.165, 1.54) is 0 Å². The molecule has 30 heavy (non-hydrogen) atoms. The average molecular weight is 436 g/mol. The summed E-state index contributed by atoms with van der Waals surface area (Å²) < 4.78 is 29.2. The predicted molar refractivity (Wildman–Crippen MR) is 127 cm³/mol. The average Bonchev–Trinajstić information content (AvgIpc) is 2.74. The van der Waals surface area contributed by atoms with Crippen molar-refractivity contribution in [3.63, 3.8) is 0 Å². The lowest BCUT2D eigenvalue weighted by molar-refractivity contribution is 0.598. The third kappa shape index (κ3) is 5.29. The van der Waals surface area contributed by atoms with Crippen molar-refractivity contribution < 1.29 is 8.42 Å². The Labute approximate surface area is 183 Å². The fraction of sp³-hybridized carbons (Fsp3) is 0.160.